The maximum Gasteiger partial charge on any atom is 0.246 e. The number of halogens is 4. The molecule has 0 spiro atoms. The first kappa shape index (κ1) is 21.5. The van der Waals surface area contributed by atoms with E-state index in [1.165, 1.54) is 12.1 Å². The zero-order valence-corrected chi connectivity index (χ0v) is 16.2. The van der Waals surface area contributed by atoms with Gasteiger partial charge >= 0.3 is 0 Å². The molecule has 2 nitrogen and oxygen atoms in total. The van der Waals surface area contributed by atoms with Crippen LogP contribution in [0.2, 0.25) is 0 Å². The van der Waals surface area contributed by atoms with Gasteiger partial charge in [-0.15, -0.1) is 0 Å². The second kappa shape index (κ2) is 9.40. The van der Waals surface area contributed by atoms with E-state index in [9.17, 15) is 8.78 Å². The van der Waals surface area contributed by atoms with Gasteiger partial charge in [0.1, 0.15) is 0 Å². The van der Waals surface area contributed by atoms with Gasteiger partial charge in [0, 0.05) is 36.4 Å². The number of hydrogen-bond donors (Lipinski definition) is 0. The van der Waals surface area contributed by atoms with Crippen LogP contribution in [0, 0.1) is 11.6 Å². The lowest BCUT2D eigenvalue weighted by atomic mass is 10.1. The van der Waals surface area contributed by atoms with Gasteiger partial charge in [0.2, 0.25) is 11.4 Å². The van der Waals surface area contributed by atoms with Crippen LogP contribution >= 0.6 is 0 Å². The maximum absolute atomic E-state index is 13.9. The van der Waals surface area contributed by atoms with Crippen molar-refractivity contribution in [3.63, 3.8) is 0 Å². The summed E-state index contributed by atoms with van der Waals surface area (Å²) < 4.78 is 31.2. The molecule has 2 aromatic carbocycles. The third kappa shape index (κ3) is 4.35. The maximum atomic E-state index is 13.9. The first-order chi connectivity index (χ1) is 12.7. The van der Waals surface area contributed by atoms with Gasteiger partial charge in [0.05, 0.1) is 0 Å². The first-order valence-electron chi connectivity index (χ1n) is 8.25. The van der Waals surface area contributed by atoms with Gasteiger partial charge in [-0.05, 0) is 23.3 Å². The molecule has 2 aromatic heterocycles. The van der Waals surface area contributed by atoms with Gasteiger partial charge in [0.25, 0.3) is 0 Å². The van der Waals surface area contributed by atoms with E-state index in [0.29, 0.717) is 11.4 Å². The van der Waals surface area contributed by atoms with E-state index < -0.39 is 0 Å². The second-order valence-corrected chi connectivity index (χ2v) is 5.89. The molecule has 6 heteroatoms. The van der Waals surface area contributed by atoms with Crippen LogP contribution in [0.4, 0.5) is 8.78 Å². The van der Waals surface area contributed by atoms with E-state index >= 15 is 0 Å². The molecule has 28 heavy (non-hydrogen) atoms. The van der Waals surface area contributed by atoms with Crippen molar-refractivity contribution in [1.29, 1.82) is 0 Å². The first-order valence-corrected chi connectivity index (χ1v) is 8.25. The van der Waals surface area contributed by atoms with Crippen LogP contribution in [0.15, 0.2) is 97.6 Å². The third-order valence-electron chi connectivity index (χ3n) is 4.25. The van der Waals surface area contributed by atoms with Crippen LogP contribution in [0.1, 0.15) is 0 Å². The van der Waals surface area contributed by atoms with Crippen LogP contribution < -0.4 is 33.9 Å². The monoisotopic (exact) mass is 416 g/mol. The minimum Gasteiger partial charge on any atom is -1.00 e. The number of benzene rings is 2. The molecule has 0 amide bonds. The van der Waals surface area contributed by atoms with Crippen molar-refractivity contribution in [3.8, 4) is 22.5 Å². The lowest BCUT2D eigenvalue weighted by Crippen LogP contribution is -3.00. The summed E-state index contributed by atoms with van der Waals surface area (Å²) in [6.45, 7) is 0. The molecule has 142 valence electrons. The summed E-state index contributed by atoms with van der Waals surface area (Å²) in [4.78, 5) is 0. The molecule has 4 rings (SSSR count). The predicted molar refractivity (Wildman–Crippen MR) is 94.9 cm³/mol. The van der Waals surface area contributed by atoms with Gasteiger partial charge in [-0.1, -0.05) is 24.3 Å². The molecule has 0 saturated carbocycles. The summed E-state index contributed by atoms with van der Waals surface area (Å²) in [7, 11) is 0. The highest BCUT2D eigenvalue weighted by Gasteiger charge is 2.14. The average Bonchev–Trinajstić information content (AvgIpc) is 2.69. The Morgan fingerprint density at radius 3 is 1.11 bits per heavy atom. The lowest BCUT2D eigenvalue weighted by Gasteiger charge is -2.02. The van der Waals surface area contributed by atoms with Crippen LogP contribution in [0.5, 0.6) is 0 Å². The molecule has 0 unspecified atom stereocenters. The van der Waals surface area contributed by atoms with E-state index in [2.05, 4.69) is 0 Å². The summed E-state index contributed by atoms with van der Waals surface area (Å²) in [6.07, 6.45) is 7.30. The predicted octanol–water partition coefficient (Wildman–Crippen LogP) is -1.81. The highest BCUT2D eigenvalue weighted by atomic mass is 35.5. The number of aromatic nitrogens is 2. The van der Waals surface area contributed by atoms with Gasteiger partial charge in [0.15, 0.2) is 36.4 Å². The van der Waals surface area contributed by atoms with Crippen molar-refractivity contribution in [2.75, 3.05) is 0 Å². The zero-order valence-electron chi connectivity index (χ0n) is 14.6. The van der Waals surface area contributed by atoms with Crippen molar-refractivity contribution in [2.45, 2.75) is 0 Å². The van der Waals surface area contributed by atoms with Crippen LogP contribution in [-0.4, -0.2) is 0 Å². The smallest absolute Gasteiger partial charge is 0.246 e. The normalized spacial score (nSPS) is 9.93. The molecule has 0 aliphatic rings. The lowest BCUT2D eigenvalue weighted by molar-refractivity contribution is -0.598. The molecule has 0 aliphatic carbocycles. The summed E-state index contributed by atoms with van der Waals surface area (Å²) >= 11 is 0. The van der Waals surface area contributed by atoms with E-state index in [1.54, 1.807) is 45.5 Å². The number of para-hydroxylation sites is 2. The molecule has 2 heterocycles. The van der Waals surface area contributed by atoms with Gasteiger partial charge in [-0.25, -0.2) is 0 Å². The van der Waals surface area contributed by atoms with E-state index in [1.807, 2.05) is 49.1 Å². The van der Waals surface area contributed by atoms with E-state index in [-0.39, 0.29) is 36.4 Å². The van der Waals surface area contributed by atoms with Gasteiger partial charge in [-0.2, -0.15) is 17.9 Å². The fourth-order valence-electron chi connectivity index (χ4n) is 2.88. The Hall–Kier alpha value is -2.82. The quantitative estimate of drug-likeness (QED) is 0.348. The van der Waals surface area contributed by atoms with Crippen molar-refractivity contribution in [3.05, 3.63) is 109 Å². The molecule has 0 fully saturated rings. The Morgan fingerprint density at radius 2 is 0.786 bits per heavy atom. The summed E-state index contributed by atoms with van der Waals surface area (Å²) in [5.41, 5.74) is 3.01. The van der Waals surface area contributed by atoms with Crippen LogP contribution in [0.25, 0.3) is 22.5 Å². The van der Waals surface area contributed by atoms with Crippen molar-refractivity contribution in [2.24, 2.45) is 0 Å². The van der Waals surface area contributed by atoms with Crippen LogP contribution in [0.3, 0.4) is 0 Å². The second-order valence-electron chi connectivity index (χ2n) is 5.89. The fourth-order valence-corrected chi connectivity index (χ4v) is 2.88. The Bertz CT molecular complexity index is 966. The molecule has 0 saturated heterocycles. The van der Waals surface area contributed by atoms with E-state index in [0.717, 1.165) is 11.1 Å². The molecule has 4 aromatic rings. The standard InChI is InChI=1S/C22H16F2N2.2ClH/c23-19-5-1-3-7-21(19)25-13-9-17(10-14-25)18-11-15-26(16-12-18)22-8-4-2-6-20(22)24;;/h1-16H;2*1H/q+2;;/p-2. The van der Waals surface area contributed by atoms with Crippen molar-refractivity contribution >= 4 is 0 Å². The number of pyridine rings is 2. The Labute approximate surface area is 174 Å². The molecule has 0 bridgehead atoms. The summed E-state index contributed by atoms with van der Waals surface area (Å²) in [6, 6.07) is 21.0. The Kier molecular flexibility index (Phi) is 7.21. The highest BCUT2D eigenvalue weighted by molar-refractivity contribution is 5.61. The number of nitrogens with zero attached hydrogens (tertiary/aromatic N) is 2. The Balaban J connectivity index is 0.00000140. The summed E-state index contributed by atoms with van der Waals surface area (Å²) in [5.74, 6) is -0.535. The largest absolute Gasteiger partial charge is 1.00 e. The van der Waals surface area contributed by atoms with Crippen molar-refractivity contribution < 1.29 is 42.7 Å². The minimum absolute atomic E-state index is 0. The topological polar surface area (TPSA) is 7.76 Å². The zero-order chi connectivity index (χ0) is 17.9. The van der Waals surface area contributed by atoms with Gasteiger partial charge in [-0.3, -0.25) is 0 Å². The fraction of sp³-hybridized carbons (Fsp3) is 0. The molecular formula is C22H16Cl2F2N2. The van der Waals surface area contributed by atoms with E-state index in [4.69, 9.17) is 0 Å². The molecule has 0 radical (unpaired) electrons. The minimum atomic E-state index is -0.268. The Morgan fingerprint density at radius 1 is 0.464 bits per heavy atom. The van der Waals surface area contributed by atoms with Crippen LogP contribution in [-0.2, 0) is 0 Å². The molecular weight excluding hydrogens is 401 g/mol. The van der Waals surface area contributed by atoms with Crippen molar-refractivity contribution in [1.82, 2.24) is 0 Å². The molecule has 0 N–H and O–H groups in total. The SMILES string of the molecule is Fc1ccccc1-[n+]1ccc(-c2cc[n+](-c3ccccc3F)cc2)cc1.[Cl-].[Cl-]. The molecule has 0 aliphatic heterocycles. The number of rotatable bonds is 3. The summed E-state index contributed by atoms with van der Waals surface area (Å²) in [5, 5.41) is 0. The van der Waals surface area contributed by atoms with Gasteiger partial charge < -0.3 is 24.8 Å². The average molecular weight is 417 g/mol. The third-order valence-corrected chi connectivity index (χ3v) is 4.25. The molecule has 0 atom stereocenters. The highest BCUT2D eigenvalue weighted by Crippen LogP contribution is 2.17. The number of hydrogen-bond acceptors (Lipinski definition) is 0.